The van der Waals surface area contributed by atoms with Crippen LogP contribution >= 0.6 is 0 Å². The smallest absolute Gasteiger partial charge is 0.206 e. The Balaban J connectivity index is 3.68. The highest BCUT2D eigenvalue weighted by Crippen LogP contribution is 2.36. The molecule has 1 aromatic rings. The zero-order valence-electron chi connectivity index (χ0n) is 7.77. The van der Waals surface area contributed by atoms with Gasteiger partial charge in [-0.3, -0.25) is 0 Å². The van der Waals surface area contributed by atoms with Gasteiger partial charge >= 0.3 is 6.18 Å². The molecule has 15 heavy (non-hydrogen) atoms. The maximum absolute atomic E-state index is 13.0. The summed E-state index contributed by atoms with van der Waals surface area (Å²) < 4.78 is 75.6. The third-order valence-electron chi connectivity index (χ3n) is 2.04. The molecule has 84 valence electrons. The minimum absolute atomic E-state index is 0.826. The molecule has 0 N–H and O–H groups in total. The van der Waals surface area contributed by atoms with Gasteiger partial charge in [0.05, 0.1) is 0 Å². The predicted molar refractivity (Wildman–Crippen MR) is 40.8 cm³/mol. The molecular weight excluding hydrogens is 222 g/mol. The van der Waals surface area contributed by atoms with E-state index in [1.54, 1.807) is 0 Å². The lowest BCUT2D eigenvalue weighted by atomic mass is 10.0. The minimum atomic E-state index is -5.17. The molecule has 0 fully saturated rings. The highest BCUT2D eigenvalue weighted by Gasteiger charge is 2.40. The lowest BCUT2D eigenvalue weighted by Gasteiger charge is -2.13. The summed E-state index contributed by atoms with van der Waals surface area (Å²) in [6.45, 7) is 1.65. The van der Waals surface area contributed by atoms with Gasteiger partial charge in [-0.25, -0.2) is 13.2 Å². The van der Waals surface area contributed by atoms with Gasteiger partial charge in [0.1, 0.15) is 23.0 Å². The lowest BCUT2D eigenvalue weighted by Crippen LogP contribution is -2.15. The summed E-state index contributed by atoms with van der Waals surface area (Å²) in [4.78, 5) is 0. The van der Waals surface area contributed by atoms with Crippen LogP contribution in [0.2, 0.25) is 0 Å². The third kappa shape index (κ3) is 1.80. The molecule has 0 aliphatic heterocycles. The molecule has 1 aromatic carbocycles. The van der Waals surface area contributed by atoms with Gasteiger partial charge in [0, 0.05) is 11.1 Å². The second-order valence-corrected chi connectivity index (χ2v) is 3.06. The summed E-state index contributed by atoms with van der Waals surface area (Å²) in [5.41, 5.74) is -3.71. The van der Waals surface area contributed by atoms with Crippen molar-refractivity contribution in [1.29, 1.82) is 0 Å². The molecule has 0 atom stereocenters. The quantitative estimate of drug-likeness (QED) is 0.593. The van der Waals surface area contributed by atoms with Gasteiger partial charge < -0.3 is 0 Å². The Morgan fingerprint density at radius 1 is 0.733 bits per heavy atom. The van der Waals surface area contributed by atoms with Crippen molar-refractivity contribution < 1.29 is 26.3 Å². The maximum Gasteiger partial charge on any atom is 0.422 e. The van der Waals surface area contributed by atoms with Crippen LogP contribution in [0, 0.1) is 31.3 Å². The molecule has 0 nitrogen and oxygen atoms in total. The molecule has 6 heteroatoms. The summed E-state index contributed by atoms with van der Waals surface area (Å²) in [5, 5.41) is 0. The Hall–Kier alpha value is -1.20. The number of alkyl halides is 3. The Labute approximate surface area is 81.5 Å². The van der Waals surface area contributed by atoms with E-state index in [9.17, 15) is 26.3 Å². The molecule has 0 bridgehead atoms. The van der Waals surface area contributed by atoms with Crippen LogP contribution in [-0.2, 0) is 6.18 Å². The standard InChI is InChI=1S/C9H6F6/c1-3-6(10)4(2)8(12)5(7(3)11)9(13,14)15/h1-2H3. The van der Waals surface area contributed by atoms with Crippen molar-refractivity contribution in [1.82, 2.24) is 0 Å². The van der Waals surface area contributed by atoms with Crippen molar-refractivity contribution in [2.75, 3.05) is 0 Å². The van der Waals surface area contributed by atoms with Gasteiger partial charge in [-0.15, -0.1) is 0 Å². The van der Waals surface area contributed by atoms with E-state index in [0.717, 1.165) is 13.8 Å². The summed E-state index contributed by atoms with van der Waals surface area (Å²) in [7, 11) is 0. The molecule has 1 rings (SSSR count). The van der Waals surface area contributed by atoms with E-state index in [4.69, 9.17) is 0 Å². The Bertz CT molecular complexity index is 375. The Morgan fingerprint density at radius 2 is 1.07 bits per heavy atom. The van der Waals surface area contributed by atoms with E-state index in [-0.39, 0.29) is 0 Å². The van der Waals surface area contributed by atoms with Gasteiger partial charge in [0.2, 0.25) is 0 Å². The lowest BCUT2D eigenvalue weighted by molar-refractivity contribution is -0.142. The van der Waals surface area contributed by atoms with Crippen LogP contribution in [0.1, 0.15) is 16.7 Å². The largest absolute Gasteiger partial charge is 0.422 e. The molecule has 0 saturated carbocycles. The van der Waals surface area contributed by atoms with E-state index >= 15 is 0 Å². The summed E-state index contributed by atoms with van der Waals surface area (Å²) in [5.74, 6) is -5.09. The predicted octanol–water partition coefficient (Wildman–Crippen LogP) is 3.74. The van der Waals surface area contributed by atoms with Crippen LogP contribution < -0.4 is 0 Å². The number of halogens is 6. The molecular formula is C9H6F6. The first-order valence-corrected chi connectivity index (χ1v) is 3.88. The number of hydrogen-bond donors (Lipinski definition) is 0. The minimum Gasteiger partial charge on any atom is -0.206 e. The van der Waals surface area contributed by atoms with Crippen molar-refractivity contribution in [3.63, 3.8) is 0 Å². The van der Waals surface area contributed by atoms with Gasteiger partial charge in [0.15, 0.2) is 0 Å². The average molecular weight is 228 g/mol. The summed E-state index contributed by atoms with van der Waals surface area (Å²) >= 11 is 0. The van der Waals surface area contributed by atoms with Gasteiger partial charge in [0.25, 0.3) is 0 Å². The second-order valence-electron chi connectivity index (χ2n) is 3.06. The van der Waals surface area contributed by atoms with Crippen LogP contribution in [0.5, 0.6) is 0 Å². The monoisotopic (exact) mass is 228 g/mol. The van der Waals surface area contributed by atoms with E-state index in [1.165, 1.54) is 0 Å². The van der Waals surface area contributed by atoms with E-state index in [0.29, 0.717) is 0 Å². The van der Waals surface area contributed by atoms with Crippen LogP contribution in [0.3, 0.4) is 0 Å². The zero-order valence-corrected chi connectivity index (χ0v) is 7.77. The molecule has 0 unspecified atom stereocenters. The Kier molecular flexibility index (Phi) is 2.71. The molecule has 0 spiro atoms. The van der Waals surface area contributed by atoms with Crippen molar-refractivity contribution >= 4 is 0 Å². The van der Waals surface area contributed by atoms with Crippen molar-refractivity contribution in [2.24, 2.45) is 0 Å². The molecule has 0 aliphatic carbocycles. The molecule has 0 aromatic heterocycles. The topological polar surface area (TPSA) is 0 Å². The first-order chi connectivity index (χ1) is 6.68. The zero-order chi connectivity index (χ0) is 12.0. The van der Waals surface area contributed by atoms with Crippen LogP contribution in [-0.4, -0.2) is 0 Å². The molecule has 0 aliphatic rings. The number of rotatable bonds is 0. The van der Waals surface area contributed by atoms with Crippen molar-refractivity contribution in [3.05, 3.63) is 34.1 Å². The molecule has 0 heterocycles. The average Bonchev–Trinajstić information content (AvgIpc) is 2.09. The van der Waals surface area contributed by atoms with Crippen molar-refractivity contribution in [3.8, 4) is 0 Å². The van der Waals surface area contributed by atoms with Crippen LogP contribution in [0.25, 0.3) is 0 Å². The Morgan fingerprint density at radius 3 is 1.33 bits per heavy atom. The third-order valence-corrected chi connectivity index (χ3v) is 2.04. The summed E-state index contributed by atoms with van der Waals surface area (Å²) in [6.07, 6.45) is -5.17. The van der Waals surface area contributed by atoms with Gasteiger partial charge in [-0.2, -0.15) is 13.2 Å². The first-order valence-electron chi connectivity index (χ1n) is 3.88. The molecule has 0 radical (unpaired) electrons. The van der Waals surface area contributed by atoms with E-state index < -0.39 is 40.3 Å². The van der Waals surface area contributed by atoms with E-state index in [1.807, 2.05) is 0 Å². The van der Waals surface area contributed by atoms with Crippen molar-refractivity contribution in [2.45, 2.75) is 20.0 Å². The second kappa shape index (κ2) is 3.43. The number of hydrogen-bond acceptors (Lipinski definition) is 0. The molecule has 0 saturated heterocycles. The number of benzene rings is 1. The summed E-state index contributed by atoms with van der Waals surface area (Å²) in [6, 6.07) is 0. The fourth-order valence-electron chi connectivity index (χ4n) is 1.19. The normalized spacial score (nSPS) is 12.0. The first kappa shape index (κ1) is 11.9. The highest BCUT2D eigenvalue weighted by molar-refractivity contribution is 5.35. The van der Waals surface area contributed by atoms with Crippen LogP contribution in [0.15, 0.2) is 0 Å². The van der Waals surface area contributed by atoms with Gasteiger partial charge in [-0.05, 0) is 13.8 Å². The van der Waals surface area contributed by atoms with Gasteiger partial charge in [-0.1, -0.05) is 0 Å². The molecule has 0 amide bonds. The van der Waals surface area contributed by atoms with Crippen LogP contribution in [0.4, 0.5) is 26.3 Å². The maximum atomic E-state index is 13.0. The fourth-order valence-corrected chi connectivity index (χ4v) is 1.19. The highest BCUT2D eigenvalue weighted by atomic mass is 19.4. The SMILES string of the molecule is Cc1c(F)c(C)c(F)c(C(F)(F)F)c1F. The fraction of sp³-hybridized carbons (Fsp3) is 0.333. The van der Waals surface area contributed by atoms with E-state index in [2.05, 4.69) is 0 Å².